The summed E-state index contributed by atoms with van der Waals surface area (Å²) in [6, 6.07) is 15.1. The molecule has 1 unspecified atom stereocenters. The van der Waals surface area contributed by atoms with E-state index in [4.69, 9.17) is 5.14 Å². The second-order valence-corrected chi connectivity index (χ2v) is 9.36. The number of primary sulfonamides is 1. The Morgan fingerprint density at radius 2 is 1.71 bits per heavy atom. The third-order valence-electron chi connectivity index (χ3n) is 5.09. The third kappa shape index (κ3) is 5.64. The van der Waals surface area contributed by atoms with Crippen LogP contribution in [0.25, 0.3) is 0 Å². The van der Waals surface area contributed by atoms with Crippen LogP contribution in [0.15, 0.2) is 53.4 Å². The Kier molecular flexibility index (Phi) is 6.17. The van der Waals surface area contributed by atoms with Crippen LogP contribution in [0, 0.1) is 0 Å². The first-order chi connectivity index (χ1) is 13.2. The van der Waals surface area contributed by atoms with Crippen LogP contribution >= 0.6 is 0 Å². The number of carbonyl (C=O) groups is 1. The van der Waals surface area contributed by atoms with Crippen LogP contribution in [0.1, 0.15) is 43.7 Å². The maximum atomic E-state index is 12.5. The van der Waals surface area contributed by atoms with Crippen LogP contribution in [0.2, 0.25) is 0 Å². The van der Waals surface area contributed by atoms with Crippen molar-refractivity contribution in [3.8, 4) is 0 Å². The molecular formula is C21H28N3O3S+. The lowest BCUT2D eigenvalue weighted by molar-refractivity contribution is -0.916. The largest absolute Gasteiger partial charge is 0.321 e. The number of hydrogen-bond acceptors (Lipinski definition) is 3. The molecule has 0 aliphatic heterocycles. The lowest BCUT2D eigenvalue weighted by atomic mass is 10.0. The van der Waals surface area contributed by atoms with E-state index >= 15 is 0 Å². The van der Waals surface area contributed by atoms with E-state index in [1.165, 1.54) is 28.2 Å². The molecule has 0 spiro atoms. The molecule has 4 N–H and O–H groups in total. The van der Waals surface area contributed by atoms with Gasteiger partial charge in [0.05, 0.1) is 10.9 Å². The molecule has 1 aliphatic carbocycles. The molecule has 0 heterocycles. The second kappa shape index (κ2) is 8.43. The van der Waals surface area contributed by atoms with Gasteiger partial charge in [0.25, 0.3) is 5.91 Å². The van der Waals surface area contributed by atoms with Gasteiger partial charge in [-0.1, -0.05) is 38.1 Å². The molecule has 1 aliphatic rings. The molecule has 1 fully saturated rings. The third-order valence-corrected chi connectivity index (χ3v) is 6.02. The van der Waals surface area contributed by atoms with Gasteiger partial charge in [0.1, 0.15) is 6.54 Å². The van der Waals surface area contributed by atoms with Crippen molar-refractivity contribution in [1.82, 2.24) is 0 Å². The van der Waals surface area contributed by atoms with E-state index < -0.39 is 10.0 Å². The van der Waals surface area contributed by atoms with Crippen molar-refractivity contribution in [3.63, 3.8) is 0 Å². The zero-order valence-electron chi connectivity index (χ0n) is 16.3. The standard InChI is InChI=1S/C21H27N3O3S/c1-15(2)17-5-3-16(4-6-17)13-24(19-9-10-19)14-21(25)23-18-7-11-20(12-8-18)28(22,26)27/h3-8,11-12,15,19H,9-10,13-14H2,1-2H3,(H,23,25)(H2,22,26,27)/p+1. The fraction of sp³-hybridized carbons (Fsp3) is 0.381. The number of quaternary nitrogens is 1. The Balaban J connectivity index is 1.60. The van der Waals surface area contributed by atoms with Crippen molar-refractivity contribution in [3.05, 3.63) is 59.7 Å². The molecule has 1 amide bonds. The quantitative estimate of drug-likeness (QED) is 0.627. The highest BCUT2D eigenvalue weighted by molar-refractivity contribution is 7.89. The van der Waals surface area contributed by atoms with Gasteiger partial charge < -0.3 is 10.2 Å². The van der Waals surface area contributed by atoms with E-state index in [2.05, 4.69) is 43.4 Å². The number of amides is 1. The first-order valence-corrected chi connectivity index (χ1v) is 11.1. The minimum atomic E-state index is -3.73. The summed E-state index contributed by atoms with van der Waals surface area (Å²) in [7, 11) is -3.73. The highest BCUT2D eigenvalue weighted by Gasteiger charge is 2.34. The van der Waals surface area contributed by atoms with Gasteiger partial charge in [-0.15, -0.1) is 0 Å². The van der Waals surface area contributed by atoms with Crippen molar-refractivity contribution < 1.29 is 18.1 Å². The number of nitrogens with two attached hydrogens (primary N) is 1. The lowest BCUT2D eigenvalue weighted by Gasteiger charge is -2.19. The Labute approximate surface area is 166 Å². The molecule has 28 heavy (non-hydrogen) atoms. The van der Waals surface area contributed by atoms with Crippen molar-refractivity contribution in [2.75, 3.05) is 11.9 Å². The van der Waals surface area contributed by atoms with Gasteiger partial charge in [-0.05, 0) is 35.7 Å². The summed E-state index contributed by atoms with van der Waals surface area (Å²) >= 11 is 0. The van der Waals surface area contributed by atoms with E-state index in [1.54, 1.807) is 12.1 Å². The summed E-state index contributed by atoms with van der Waals surface area (Å²) in [5.74, 6) is 0.427. The number of sulfonamides is 1. The smallest absolute Gasteiger partial charge is 0.279 e. The highest BCUT2D eigenvalue weighted by atomic mass is 32.2. The number of benzene rings is 2. The minimum Gasteiger partial charge on any atom is -0.321 e. The van der Waals surface area contributed by atoms with E-state index in [1.807, 2.05) is 0 Å². The van der Waals surface area contributed by atoms with E-state index in [9.17, 15) is 13.2 Å². The van der Waals surface area contributed by atoms with E-state index in [-0.39, 0.29) is 10.8 Å². The number of anilines is 1. The molecule has 150 valence electrons. The Morgan fingerprint density at radius 3 is 2.21 bits per heavy atom. The zero-order valence-corrected chi connectivity index (χ0v) is 17.1. The van der Waals surface area contributed by atoms with Crippen LogP contribution in [0.4, 0.5) is 5.69 Å². The molecule has 2 aromatic rings. The zero-order chi connectivity index (χ0) is 20.3. The molecule has 3 rings (SSSR count). The lowest BCUT2D eigenvalue weighted by Crippen LogP contribution is -3.13. The van der Waals surface area contributed by atoms with Gasteiger partial charge >= 0.3 is 0 Å². The number of carbonyl (C=O) groups excluding carboxylic acids is 1. The molecule has 0 saturated heterocycles. The van der Waals surface area contributed by atoms with E-state index in [0.29, 0.717) is 24.2 Å². The fourth-order valence-corrected chi connectivity index (χ4v) is 3.78. The monoisotopic (exact) mass is 402 g/mol. The fourth-order valence-electron chi connectivity index (χ4n) is 3.26. The predicted molar refractivity (Wildman–Crippen MR) is 110 cm³/mol. The van der Waals surface area contributed by atoms with Crippen LogP contribution in [-0.2, 0) is 21.4 Å². The normalized spacial score (nSPS) is 15.4. The molecule has 1 atom stereocenters. The van der Waals surface area contributed by atoms with Gasteiger partial charge in [0, 0.05) is 24.1 Å². The Morgan fingerprint density at radius 1 is 1.11 bits per heavy atom. The van der Waals surface area contributed by atoms with Crippen LogP contribution in [0.5, 0.6) is 0 Å². The molecule has 0 bridgehead atoms. The van der Waals surface area contributed by atoms with Crippen LogP contribution in [-0.4, -0.2) is 26.9 Å². The van der Waals surface area contributed by atoms with Crippen molar-refractivity contribution in [1.29, 1.82) is 0 Å². The maximum absolute atomic E-state index is 12.5. The average Bonchev–Trinajstić information content (AvgIpc) is 3.46. The highest BCUT2D eigenvalue weighted by Crippen LogP contribution is 2.18. The summed E-state index contributed by atoms with van der Waals surface area (Å²) in [4.78, 5) is 13.8. The minimum absolute atomic E-state index is 0.0283. The molecule has 6 nitrogen and oxygen atoms in total. The molecule has 0 radical (unpaired) electrons. The van der Waals surface area contributed by atoms with Crippen molar-refractivity contribution in [2.24, 2.45) is 5.14 Å². The average molecular weight is 403 g/mol. The van der Waals surface area contributed by atoms with Crippen LogP contribution < -0.4 is 15.4 Å². The topological polar surface area (TPSA) is 93.7 Å². The van der Waals surface area contributed by atoms with Gasteiger partial charge in [0.15, 0.2) is 6.54 Å². The number of rotatable bonds is 8. The molecular weight excluding hydrogens is 374 g/mol. The summed E-state index contributed by atoms with van der Waals surface area (Å²) in [6.07, 6.45) is 2.30. The Hall–Kier alpha value is -2.22. The number of hydrogen-bond donors (Lipinski definition) is 3. The van der Waals surface area contributed by atoms with Gasteiger partial charge in [-0.2, -0.15) is 0 Å². The molecule has 2 aromatic carbocycles. The summed E-state index contributed by atoms with van der Waals surface area (Å²) in [6.45, 7) is 5.56. The second-order valence-electron chi connectivity index (χ2n) is 7.80. The maximum Gasteiger partial charge on any atom is 0.279 e. The molecule has 1 saturated carbocycles. The van der Waals surface area contributed by atoms with Gasteiger partial charge in [-0.3, -0.25) is 4.79 Å². The Bertz CT molecular complexity index is 918. The van der Waals surface area contributed by atoms with Crippen LogP contribution in [0.3, 0.4) is 0 Å². The summed E-state index contributed by atoms with van der Waals surface area (Å²) in [5, 5.41) is 7.94. The van der Waals surface area contributed by atoms with Gasteiger partial charge in [0.2, 0.25) is 10.0 Å². The first-order valence-electron chi connectivity index (χ1n) is 9.58. The summed E-state index contributed by atoms with van der Waals surface area (Å²) < 4.78 is 22.6. The van der Waals surface area contributed by atoms with E-state index in [0.717, 1.165) is 19.4 Å². The van der Waals surface area contributed by atoms with Crippen molar-refractivity contribution in [2.45, 2.75) is 50.1 Å². The molecule has 7 heteroatoms. The van der Waals surface area contributed by atoms with Gasteiger partial charge in [-0.25, -0.2) is 13.6 Å². The number of nitrogens with one attached hydrogen (secondary N) is 2. The first kappa shape index (κ1) is 20.5. The predicted octanol–water partition coefficient (Wildman–Crippen LogP) is 1.64. The SMILES string of the molecule is CC(C)c1ccc(C[NH+](CC(=O)Nc2ccc(S(N)(=O)=O)cc2)C2CC2)cc1. The molecule has 0 aromatic heterocycles. The summed E-state index contributed by atoms with van der Waals surface area (Å²) in [5.41, 5.74) is 3.11. The van der Waals surface area contributed by atoms with Crippen molar-refractivity contribution >= 4 is 21.6 Å².